The van der Waals surface area contributed by atoms with Gasteiger partial charge in [-0.25, -0.2) is 13.2 Å². The summed E-state index contributed by atoms with van der Waals surface area (Å²) in [6.45, 7) is 0. The third-order valence-corrected chi connectivity index (χ3v) is 6.88. The summed E-state index contributed by atoms with van der Waals surface area (Å²) in [5.41, 5.74) is 0.910. The summed E-state index contributed by atoms with van der Waals surface area (Å²) in [4.78, 5) is 11.1. The molecule has 1 N–H and O–H groups in total. The number of thiophene rings is 1. The largest absolute Gasteiger partial charge is 0.413 e. The smallest absolute Gasteiger partial charge is 0.396 e. The Labute approximate surface area is 138 Å². The molecule has 4 aromatic rings. The fourth-order valence-corrected chi connectivity index (χ4v) is 5.18. The molecule has 23 heavy (non-hydrogen) atoms. The van der Waals surface area contributed by atoms with E-state index in [-0.39, 0.29) is 4.21 Å². The normalized spacial score (nSPS) is 12.0. The first-order valence-corrected chi connectivity index (χ1v) is 9.74. The Hall–Kier alpha value is -2.16. The average Bonchev–Trinajstić information content (AvgIpc) is 3.16. The zero-order valence-electron chi connectivity index (χ0n) is 11.5. The van der Waals surface area contributed by atoms with Gasteiger partial charge in [0.05, 0.1) is 10.4 Å². The van der Waals surface area contributed by atoms with Crippen LogP contribution in [-0.2, 0) is 10.0 Å². The van der Waals surface area contributed by atoms with E-state index in [9.17, 15) is 13.2 Å². The van der Waals surface area contributed by atoms with E-state index in [1.165, 1.54) is 0 Å². The summed E-state index contributed by atoms with van der Waals surface area (Å²) in [7, 11) is -3.66. The van der Waals surface area contributed by atoms with Crippen molar-refractivity contribution in [3.05, 3.63) is 57.6 Å². The van der Waals surface area contributed by atoms with Gasteiger partial charge in [0.2, 0.25) is 0 Å². The standard InChI is InChI=1S/C15H9NO4S3/c17-15-20-14-10-5-2-1-4-9(10)11(8-12(14)22-15)16-23(18,19)13-6-3-7-21-13/h1-8,16H. The van der Waals surface area contributed by atoms with Crippen molar-refractivity contribution in [1.29, 1.82) is 0 Å². The second-order valence-corrected chi connectivity index (χ2v) is 8.62. The number of nitrogens with one attached hydrogen (secondary N) is 1. The van der Waals surface area contributed by atoms with Crippen molar-refractivity contribution in [3.8, 4) is 0 Å². The number of hydrogen-bond acceptors (Lipinski definition) is 6. The molecule has 2 aromatic carbocycles. The molecule has 0 amide bonds. The number of anilines is 1. The lowest BCUT2D eigenvalue weighted by Crippen LogP contribution is -2.11. The van der Waals surface area contributed by atoms with Crippen molar-refractivity contribution in [2.45, 2.75) is 4.21 Å². The summed E-state index contributed by atoms with van der Waals surface area (Å²) in [5, 5.41) is 3.09. The molecule has 116 valence electrons. The average molecular weight is 363 g/mol. The summed E-state index contributed by atoms with van der Waals surface area (Å²) in [6, 6.07) is 12.1. The lowest BCUT2D eigenvalue weighted by molar-refractivity contribution is 0.588. The summed E-state index contributed by atoms with van der Waals surface area (Å²) < 4.78 is 33.6. The van der Waals surface area contributed by atoms with Gasteiger partial charge >= 0.3 is 4.94 Å². The lowest BCUT2D eigenvalue weighted by Gasteiger charge is -2.10. The number of benzene rings is 2. The van der Waals surface area contributed by atoms with Crippen molar-refractivity contribution >= 4 is 59.4 Å². The predicted octanol–water partition coefficient (Wildman–Crippen LogP) is 3.87. The van der Waals surface area contributed by atoms with Gasteiger partial charge in [0.25, 0.3) is 10.0 Å². The van der Waals surface area contributed by atoms with E-state index in [4.69, 9.17) is 4.42 Å². The van der Waals surface area contributed by atoms with Crippen LogP contribution < -0.4 is 9.66 Å². The minimum absolute atomic E-state index is 0.238. The predicted molar refractivity (Wildman–Crippen MR) is 93.0 cm³/mol. The Balaban J connectivity index is 1.97. The molecule has 8 heteroatoms. The number of sulfonamides is 1. The van der Waals surface area contributed by atoms with E-state index < -0.39 is 15.0 Å². The molecular formula is C15H9NO4S3. The van der Waals surface area contributed by atoms with Crippen LogP contribution in [0.5, 0.6) is 0 Å². The van der Waals surface area contributed by atoms with Crippen LogP contribution in [0.1, 0.15) is 0 Å². The highest BCUT2D eigenvalue weighted by Crippen LogP contribution is 2.34. The van der Waals surface area contributed by atoms with Crippen LogP contribution in [0.25, 0.3) is 21.1 Å². The second-order valence-electron chi connectivity index (χ2n) is 4.79. The Bertz CT molecular complexity index is 1170. The fourth-order valence-electron chi connectivity index (χ4n) is 2.39. The maximum atomic E-state index is 12.5. The highest BCUT2D eigenvalue weighted by atomic mass is 32.2. The van der Waals surface area contributed by atoms with E-state index in [1.54, 1.807) is 35.7 Å². The molecule has 0 saturated heterocycles. The van der Waals surface area contributed by atoms with Gasteiger partial charge in [-0.15, -0.1) is 11.3 Å². The topological polar surface area (TPSA) is 76.4 Å². The molecule has 0 fully saturated rings. The highest BCUT2D eigenvalue weighted by molar-refractivity contribution is 7.94. The van der Waals surface area contributed by atoms with Gasteiger partial charge in [-0.05, 0) is 17.5 Å². The van der Waals surface area contributed by atoms with Gasteiger partial charge in [0.15, 0.2) is 5.58 Å². The van der Waals surface area contributed by atoms with E-state index >= 15 is 0 Å². The van der Waals surface area contributed by atoms with Gasteiger partial charge in [0.1, 0.15) is 4.21 Å². The second kappa shape index (κ2) is 5.19. The third kappa shape index (κ3) is 2.44. The highest BCUT2D eigenvalue weighted by Gasteiger charge is 2.18. The first-order chi connectivity index (χ1) is 11.0. The Morgan fingerprint density at radius 1 is 1.04 bits per heavy atom. The first kappa shape index (κ1) is 14.4. The maximum Gasteiger partial charge on any atom is 0.396 e. The minimum atomic E-state index is -3.66. The molecule has 2 aromatic heterocycles. The summed E-state index contributed by atoms with van der Waals surface area (Å²) in [6.07, 6.45) is 0. The number of rotatable bonds is 3. The third-order valence-electron chi connectivity index (χ3n) is 3.34. The van der Waals surface area contributed by atoms with E-state index in [0.29, 0.717) is 26.7 Å². The van der Waals surface area contributed by atoms with Gasteiger partial charge < -0.3 is 4.42 Å². The first-order valence-electron chi connectivity index (χ1n) is 6.56. The number of fused-ring (bicyclic) bond motifs is 3. The van der Waals surface area contributed by atoms with Gasteiger partial charge in [-0.2, -0.15) is 0 Å². The van der Waals surface area contributed by atoms with E-state index in [2.05, 4.69) is 4.72 Å². The van der Waals surface area contributed by atoms with Crippen LogP contribution in [-0.4, -0.2) is 8.42 Å². The molecule has 0 unspecified atom stereocenters. The lowest BCUT2D eigenvalue weighted by atomic mass is 10.1. The fraction of sp³-hybridized carbons (Fsp3) is 0. The Morgan fingerprint density at radius 3 is 2.57 bits per heavy atom. The molecule has 4 rings (SSSR count). The molecular weight excluding hydrogens is 354 g/mol. The molecule has 0 bridgehead atoms. The van der Waals surface area contributed by atoms with Crippen LogP contribution in [0.4, 0.5) is 5.69 Å². The maximum absolute atomic E-state index is 12.5. The molecule has 0 aliphatic rings. The SMILES string of the molecule is O=c1oc2c(cc(NS(=O)(=O)c3cccs3)c3ccccc32)s1. The Kier molecular flexibility index (Phi) is 3.26. The molecule has 0 spiro atoms. The van der Waals surface area contributed by atoms with Crippen molar-refractivity contribution in [2.24, 2.45) is 0 Å². The minimum Gasteiger partial charge on any atom is -0.413 e. The molecule has 0 aliphatic heterocycles. The monoisotopic (exact) mass is 363 g/mol. The van der Waals surface area contributed by atoms with Gasteiger partial charge in [-0.1, -0.05) is 41.7 Å². The molecule has 2 heterocycles. The van der Waals surface area contributed by atoms with Crippen LogP contribution in [0, 0.1) is 0 Å². The molecule has 0 radical (unpaired) electrons. The van der Waals surface area contributed by atoms with Crippen molar-refractivity contribution in [2.75, 3.05) is 4.72 Å². The molecule has 0 saturated carbocycles. The van der Waals surface area contributed by atoms with E-state index in [1.807, 2.05) is 12.1 Å². The van der Waals surface area contributed by atoms with Gasteiger partial charge in [0, 0.05) is 10.8 Å². The van der Waals surface area contributed by atoms with Crippen molar-refractivity contribution in [3.63, 3.8) is 0 Å². The quantitative estimate of drug-likeness (QED) is 0.599. The number of hydrogen-bond donors (Lipinski definition) is 1. The van der Waals surface area contributed by atoms with E-state index in [0.717, 1.165) is 22.7 Å². The van der Waals surface area contributed by atoms with Gasteiger partial charge in [-0.3, -0.25) is 4.72 Å². The van der Waals surface area contributed by atoms with Crippen LogP contribution in [0.2, 0.25) is 0 Å². The summed E-state index contributed by atoms with van der Waals surface area (Å²) >= 11 is 2.10. The molecule has 0 aliphatic carbocycles. The molecule has 0 atom stereocenters. The van der Waals surface area contributed by atoms with Crippen LogP contribution >= 0.6 is 22.7 Å². The zero-order chi connectivity index (χ0) is 16.0. The van der Waals surface area contributed by atoms with Crippen LogP contribution in [0.3, 0.4) is 0 Å². The van der Waals surface area contributed by atoms with Crippen molar-refractivity contribution in [1.82, 2.24) is 0 Å². The zero-order valence-corrected chi connectivity index (χ0v) is 13.9. The Morgan fingerprint density at radius 2 is 1.83 bits per heavy atom. The van der Waals surface area contributed by atoms with Crippen molar-refractivity contribution < 1.29 is 12.8 Å². The van der Waals surface area contributed by atoms with Crippen LogP contribution in [0.15, 0.2) is 61.3 Å². The summed E-state index contributed by atoms with van der Waals surface area (Å²) in [5.74, 6) is 0. The molecule has 5 nitrogen and oxygen atoms in total.